The van der Waals surface area contributed by atoms with Gasteiger partial charge >= 0.3 is 0 Å². The summed E-state index contributed by atoms with van der Waals surface area (Å²) in [4.78, 5) is 17.3. The predicted octanol–water partition coefficient (Wildman–Crippen LogP) is 6.10. The van der Waals surface area contributed by atoms with E-state index in [4.69, 9.17) is 16.6 Å². The van der Waals surface area contributed by atoms with E-state index in [1.165, 1.54) is 6.07 Å². The highest BCUT2D eigenvalue weighted by atomic mass is 32.1. The first kappa shape index (κ1) is 21.6. The van der Waals surface area contributed by atoms with E-state index >= 15 is 0 Å². The van der Waals surface area contributed by atoms with Crippen molar-refractivity contribution in [2.45, 2.75) is 13.8 Å². The third-order valence-electron chi connectivity index (χ3n) is 5.57. The van der Waals surface area contributed by atoms with E-state index in [9.17, 15) is 9.90 Å². The van der Waals surface area contributed by atoms with Crippen molar-refractivity contribution in [2.75, 3.05) is 5.32 Å². The summed E-state index contributed by atoms with van der Waals surface area (Å²) in [5.74, 6) is 0.000905. The van der Waals surface area contributed by atoms with Gasteiger partial charge in [-0.25, -0.2) is 4.98 Å². The van der Waals surface area contributed by atoms with E-state index in [-0.39, 0.29) is 16.8 Å². The molecule has 1 amide bonds. The molecule has 0 unspecified atom stereocenters. The summed E-state index contributed by atoms with van der Waals surface area (Å²) in [5.41, 5.74) is 5.02. The molecule has 6 nitrogen and oxygen atoms in total. The Bertz CT molecular complexity index is 1580. The summed E-state index contributed by atoms with van der Waals surface area (Å²) in [6.45, 7) is 3.96. The number of hydrogen-bond acceptors (Lipinski definition) is 5. The number of thiocarbonyl (C=S) groups is 1. The molecular weight excluding hydrogens is 446 g/mol. The van der Waals surface area contributed by atoms with E-state index in [0.717, 1.165) is 27.4 Å². The van der Waals surface area contributed by atoms with Crippen molar-refractivity contribution in [2.24, 2.45) is 0 Å². The molecule has 0 aliphatic carbocycles. The number of aryl methyl sites for hydroxylation is 2. The first-order valence-electron chi connectivity index (χ1n) is 10.7. The van der Waals surface area contributed by atoms with E-state index < -0.39 is 0 Å². The van der Waals surface area contributed by atoms with E-state index in [0.29, 0.717) is 28.3 Å². The topological polar surface area (TPSA) is 87.4 Å². The van der Waals surface area contributed by atoms with Gasteiger partial charge in [-0.15, -0.1) is 0 Å². The Morgan fingerprint density at radius 1 is 1.00 bits per heavy atom. The lowest BCUT2D eigenvalue weighted by molar-refractivity contribution is 0.0979. The lowest BCUT2D eigenvalue weighted by atomic mass is 10.0. The molecule has 168 valence electrons. The molecule has 0 spiro atoms. The number of benzene rings is 4. The van der Waals surface area contributed by atoms with E-state index in [1.54, 1.807) is 18.2 Å². The first-order valence-corrected chi connectivity index (χ1v) is 11.1. The molecule has 1 aromatic heterocycles. The Morgan fingerprint density at radius 2 is 1.79 bits per heavy atom. The van der Waals surface area contributed by atoms with Crippen LogP contribution in [-0.2, 0) is 0 Å². The van der Waals surface area contributed by atoms with Crippen LogP contribution in [-0.4, -0.2) is 21.1 Å². The van der Waals surface area contributed by atoms with Gasteiger partial charge in [-0.2, -0.15) is 0 Å². The molecule has 0 aliphatic heterocycles. The van der Waals surface area contributed by atoms with Crippen molar-refractivity contribution in [3.05, 3.63) is 89.5 Å². The molecule has 5 aromatic rings. The fourth-order valence-corrected chi connectivity index (χ4v) is 4.25. The standard InChI is InChI=1S/C27H21N3O3S/c1-15-12-16(2)24-22(13-15)29-26(33-24)21-11-10-18(14-23(21)31)28-27(34)30-25(32)20-9-5-7-17-6-3-4-8-19(17)20/h3-14,31H,1-2H3,(H2,28,30,32,34). The van der Waals surface area contributed by atoms with Crippen LogP contribution in [0.15, 0.2) is 77.2 Å². The van der Waals surface area contributed by atoms with Gasteiger partial charge in [0.25, 0.3) is 5.91 Å². The number of fused-ring (bicyclic) bond motifs is 2. The molecule has 0 saturated heterocycles. The van der Waals surface area contributed by atoms with Crippen molar-refractivity contribution in [3.63, 3.8) is 0 Å². The monoisotopic (exact) mass is 467 g/mol. The molecule has 0 bridgehead atoms. The molecule has 0 saturated carbocycles. The Kier molecular flexibility index (Phi) is 5.47. The SMILES string of the molecule is Cc1cc(C)c2oc(-c3ccc(NC(=S)NC(=O)c4cccc5ccccc45)cc3O)nc2c1. The van der Waals surface area contributed by atoms with Crippen LogP contribution in [0.2, 0.25) is 0 Å². The highest BCUT2D eigenvalue weighted by molar-refractivity contribution is 7.80. The van der Waals surface area contributed by atoms with Crippen LogP contribution in [0.25, 0.3) is 33.3 Å². The summed E-state index contributed by atoms with van der Waals surface area (Å²) in [6, 6.07) is 22.1. The Hall–Kier alpha value is -4.23. The van der Waals surface area contributed by atoms with Crippen LogP contribution in [0.3, 0.4) is 0 Å². The summed E-state index contributed by atoms with van der Waals surface area (Å²) in [5, 5.41) is 18.2. The number of amides is 1. The third-order valence-corrected chi connectivity index (χ3v) is 5.77. The maximum atomic E-state index is 12.8. The summed E-state index contributed by atoms with van der Waals surface area (Å²) in [6.07, 6.45) is 0. The van der Waals surface area contributed by atoms with Gasteiger partial charge in [0.1, 0.15) is 11.3 Å². The van der Waals surface area contributed by atoms with E-state index in [1.807, 2.05) is 62.4 Å². The van der Waals surface area contributed by atoms with Gasteiger partial charge in [0, 0.05) is 17.3 Å². The lowest BCUT2D eigenvalue weighted by Crippen LogP contribution is -2.34. The molecule has 5 rings (SSSR count). The highest BCUT2D eigenvalue weighted by Crippen LogP contribution is 2.34. The van der Waals surface area contributed by atoms with Gasteiger partial charge in [0.15, 0.2) is 10.7 Å². The number of nitrogens with one attached hydrogen (secondary N) is 2. The molecule has 7 heteroatoms. The number of carbonyl (C=O) groups excluding carboxylic acids is 1. The zero-order valence-corrected chi connectivity index (χ0v) is 19.4. The largest absolute Gasteiger partial charge is 0.507 e. The van der Waals surface area contributed by atoms with Crippen molar-refractivity contribution < 1.29 is 14.3 Å². The number of aromatic hydroxyl groups is 1. The average molecular weight is 468 g/mol. The number of aromatic nitrogens is 1. The molecule has 1 heterocycles. The van der Waals surface area contributed by atoms with Crippen LogP contribution < -0.4 is 10.6 Å². The Labute approximate surface area is 201 Å². The third kappa shape index (κ3) is 4.09. The number of phenolic OH excluding ortho intramolecular Hbond substituents is 1. The second kappa shape index (κ2) is 8.61. The van der Waals surface area contributed by atoms with Crippen LogP contribution in [0, 0.1) is 13.8 Å². The maximum absolute atomic E-state index is 12.8. The Balaban J connectivity index is 1.33. The second-order valence-electron chi connectivity index (χ2n) is 8.12. The van der Waals surface area contributed by atoms with Crippen LogP contribution in [0.1, 0.15) is 21.5 Å². The number of oxazole rings is 1. The summed E-state index contributed by atoms with van der Waals surface area (Å²) in [7, 11) is 0. The average Bonchev–Trinajstić information content (AvgIpc) is 3.22. The number of nitrogens with zero attached hydrogens (tertiary/aromatic N) is 1. The number of carbonyl (C=O) groups is 1. The van der Waals surface area contributed by atoms with Gasteiger partial charge in [0.2, 0.25) is 5.89 Å². The number of hydrogen-bond donors (Lipinski definition) is 3. The minimum Gasteiger partial charge on any atom is -0.507 e. The number of phenols is 1. The van der Waals surface area contributed by atoms with Gasteiger partial charge in [-0.3, -0.25) is 10.1 Å². The smallest absolute Gasteiger partial charge is 0.258 e. The molecule has 0 atom stereocenters. The molecule has 0 aliphatic rings. The molecule has 3 N–H and O–H groups in total. The summed E-state index contributed by atoms with van der Waals surface area (Å²) >= 11 is 5.32. The van der Waals surface area contributed by atoms with Gasteiger partial charge in [-0.1, -0.05) is 42.5 Å². The minimum atomic E-state index is -0.313. The second-order valence-corrected chi connectivity index (χ2v) is 8.52. The normalized spacial score (nSPS) is 11.0. The predicted molar refractivity (Wildman–Crippen MR) is 138 cm³/mol. The van der Waals surface area contributed by atoms with Crippen LogP contribution in [0.4, 0.5) is 5.69 Å². The van der Waals surface area contributed by atoms with Gasteiger partial charge < -0.3 is 14.8 Å². The fraction of sp³-hybridized carbons (Fsp3) is 0.0741. The summed E-state index contributed by atoms with van der Waals surface area (Å²) < 4.78 is 5.90. The first-order chi connectivity index (χ1) is 16.4. The molecule has 0 fully saturated rings. The fourth-order valence-electron chi connectivity index (χ4n) is 4.04. The van der Waals surface area contributed by atoms with Crippen LogP contribution >= 0.6 is 12.2 Å². The van der Waals surface area contributed by atoms with Gasteiger partial charge in [0.05, 0.1) is 5.56 Å². The highest BCUT2D eigenvalue weighted by Gasteiger charge is 2.16. The van der Waals surface area contributed by atoms with E-state index in [2.05, 4.69) is 15.6 Å². The zero-order chi connectivity index (χ0) is 23.8. The number of anilines is 1. The molecule has 0 radical (unpaired) electrons. The van der Waals surface area contributed by atoms with Crippen LogP contribution in [0.5, 0.6) is 5.75 Å². The van der Waals surface area contributed by atoms with Crippen molar-refractivity contribution in [1.82, 2.24) is 10.3 Å². The van der Waals surface area contributed by atoms with Crippen molar-refractivity contribution >= 4 is 50.8 Å². The minimum absolute atomic E-state index is 0.0193. The lowest BCUT2D eigenvalue weighted by Gasteiger charge is -2.12. The molecular formula is C27H21N3O3S. The van der Waals surface area contributed by atoms with Crippen molar-refractivity contribution in [1.29, 1.82) is 0 Å². The zero-order valence-electron chi connectivity index (χ0n) is 18.5. The number of rotatable bonds is 3. The Morgan fingerprint density at radius 3 is 2.62 bits per heavy atom. The molecule has 4 aromatic carbocycles. The molecule has 34 heavy (non-hydrogen) atoms. The van der Waals surface area contributed by atoms with Gasteiger partial charge in [-0.05, 0) is 72.2 Å². The van der Waals surface area contributed by atoms with Crippen molar-refractivity contribution in [3.8, 4) is 17.2 Å². The maximum Gasteiger partial charge on any atom is 0.258 e. The quantitative estimate of drug-likeness (QED) is 0.278.